The summed E-state index contributed by atoms with van der Waals surface area (Å²) in [5, 5.41) is 11.0. The van der Waals surface area contributed by atoms with Crippen molar-refractivity contribution >= 4 is 62.8 Å². The number of unbranched alkanes of at least 4 members (excludes halogenated alkanes) is 2. The first-order chi connectivity index (χ1) is 20.8. The second kappa shape index (κ2) is 13.6. The van der Waals surface area contributed by atoms with Gasteiger partial charge in [-0.2, -0.15) is 0 Å². The van der Waals surface area contributed by atoms with Crippen LogP contribution in [0.5, 0.6) is 0 Å². The van der Waals surface area contributed by atoms with Crippen molar-refractivity contribution in [3.05, 3.63) is 90.5 Å². The SMILES string of the molecule is C=CCCCCOC(=O)[C@H]1[C@H]2C(=O)N([C@H](CO)c3ccccc3)C(C(=O)N(CC=C)c3ccc(Cl)cc3)C23CC(Br)[C@@H]1S3. The molecule has 5 rings (SSSR count). The molecule has 1 N–H and O–H groups in total. The number of amides is 2. The van der Waals surface area contributed by atoms with Gasteiger partial charge in [0.25, 0.3) is 5.91 Å². The highest BCUT2D eigenvalue weighted by Crippen LogP contribution is 2.68. The number of allylic oxidation sites excluding steroid dienone is 1. The lowest BCUT2D eigenvalue weighted by molar-refractivity contribution is -0.154. The number of nitrogens with zero attached hydrogens (tertiary/aromatic N) is 2. The van der Waals surface area contributed by atoms with Crippen LogP contribution in [0, 0.1) is 11.8 Å². The fraction of sp³-hybridized carbons (Fsp3) is 0.424. The maximum Gasteiger partial charge on any atom is 0.310 e. The van der Waals surface area contributed by atoms with Crippen LogP contribution < -0.4 is 4.90 Å². The minimum atomic E-state index is -0.946. The number of likely N-dealkylation sites (tertiary alicyclic amines) is 1. The van der Waals surface area contributed by atoms with Gasteiger partial charge in [-0.05, 0) is 55.5 Å². The van der Waals surface area contributed by atoms with Crippen LogP contribution >= 0.6 is 39.3 Å². The molecule has 3 fully saturated rings. The summed E-state index contributed by atoms with van der Waals surface area (Å²) in [6, 6.07) is 14.5. The summed E-state index contributed by atoms with van der Waals surface area (Å²) >= 11 is 11.5. The largest absolute Gasteiger partial charge is 0.465 e. The zero-order chi connectivity index (χ0) is 30.7. The van der Waals surface area contributed by atoms with Crippen molar-refractivity contribution in [2.24, 2.45) is 11.8 Å². The van der Waals surface area contributed by atoms with Crippen LogP contribution in [0.2, 0.25) is 5.02 Å². The maximum absolute atomic E-state index is 14.8. The topological polar surface area (TPSA) is 87.1 Å². The maximum atomic E-state index is 14.8. The number of alkyl halides is 1. The number of carbonyl (C=O) groups is 3. The molecule has 7 atom stereocenters. The average molecular weight is 688 g/mol. The second-order valence-corrected chi connectivity index (χ2v) is 14.3. The highest BCUT2D eigenvalue weighted by atomic mass is 79.9. The first kappa shape index (κ1) is 31.8. The number of hydrogen-bond donors (Lipinski definition) is 1. The van der Waals surface area contributed by atoms with Crippen LogP contribution in [0.15, 0.2) is 79.9 Å². The van der Waals surface area contributed by atoms with Crippen molar-refractivity contribution in [3.63, 3.8) is 0 Å². The van der Waals surface area contributed by atoms with Crippen LogP contribution in [0.1, 0.15) is 37.3 Å². The Morgan fingerprint density at radius 1 is 1.16 bits per heavy atom. The Morgan fingerprint density at radius 2 is 1.88 bits per heavy atom. The molecule has 10 heteroatoms. The zero-order valence-corrected chi connectivity index (χ0v) is 27.0. The van der Waals surface area contributed by atoms with E-state index in [4.69, 9.17) is 16.3 Å². The Kier molecular flexibility index (Phi) is 10.1. The van der Waals surface area contributed by atoms with E-state index >= 15 is 0 Å². The van der Waals surface area contributed by atoms with Crippen molar-refractivity contribution in [3.8, 4) is 0 Å². The molecule has 0 radical (unpaired) electrons. The van der Waals surface area contributed by atoms with E-state index < -0.39 is 34.6 Å². The summed E-state index contributed by atoms with van der Waals surface area (Å²) in [7, 11) is 0. The molecule has 0 aromatic heterocycles. The third-order valence-electron chi connectivity index (χ3n) is 8.69. The van der Waals surface area contributed by atoms with Crippen LogP contribution in [0.3, 0.4) is 0 Å². The fourth-order valence-electron chi connectivity index (χ4n) is 6.86. The minimum Gasteiger partial charge on any atom is -0.465 e. The number of aliphatic hydroxyl groups is 1. The number of benzene rings is 2. The Morgan fingerprint density at radius 3 is 2.53 bits per heavy atom. The van der Waals surface area contributed by atoms with E-state index in [0.29, 0.717) is 29.1 Å². The summed E-state index contributed by atoms with van der Waals surface area (Å²) in [6.07, 6.45) is 6.39. The van der Waals surface area contributed by atoms with Gasteiger partial charge < -0.3 is 19.6 Å². The molecule has 2 amide bonds. The lowest BCUT2D eigenvalue weighted by atomic mass is 9.71. The third-order valence-corrected chi connectivity index (χ3v) is 12.2. The highest BCUT2D eigenvalue weighted by molar-refractivity contribution is 9.09. The average Bonchev–Trinajstić information content (AvgIpc) is 3.60. The number of halogens is 2. The molecule has 1 spiro atoms. The highest BCUT2D eigenvalue weighted by Gasteiger charge is 2.76. The predicted octanol–water partition coefficient (Wildman–Crippen LogP) is 5.96. The third kappa shape index (κ3) is 5.81. The van der Waals surface area contributed by atoms with Crippen molar-refractivity contribution in [2.45, 2.75) is 52.6 Å². The number of thioether (sulfide) groups is 1. The molecule has 3 saturated heterocycles. The molecule has 2 aromatic carbocycles. The van der Waals surface area contributed by atoms with Gasteiger partial charge in [0, 0.05) is 27.3 Å². The predicted molar refractivity (Wildman–Crippen MR) is 174 cm³/mol. The molecule has 3 heterocycles. The van der Waals surface area contributed by atoms with Gasteiger partial charge in [-0.1, -0.05) is 70.0 Å². The number of rotatable bonds is 13. The molecule has 3 unspecified atom stereocenters. The lowest BCUT2D eigenvalue weighted by Crippen LogP contribution is -2.56. The van der Waals surface area contributed by atoms with Crippen molar-refractivity contribution in [2.75, 3.05) is 24.7 Å². The van der Waals surface area contributed by atoms with Crippen molar-refractivity contribution in [1.29, 1.82) is 0 Å². The number of fused-ring (bicyclic) bond motifs is 1. The lowest BCUT2D eigenvalue weighted by Gasteiger charge is -2.40. The minimum absolute atomic E-state index is 0.0946. The molecule has 3 aliphatic heterocycles. The van der Waals surface area contributed by atoms with Gasteiger partial charge in [0.05, 0.1) is 35.8 Å². The van der Waals surface area contributed by atoms with Gasteiger partial charge in [0.1, 0.15) is 6.04 Å². The molecule has 43 heavy (non-hydrogen) atoms. The standard InChI is InChI=1S/C33H36BrClN2O5S/c1-3-5-6-10-18-42-32(41)26-27-30(39)37(25(20-38)21-11-8-7-9-12-21)29(33(27)19-24(34)28(26)43-33)31(40)36(17-4-2)23-15-13-22(35)14-16-23/h3-4,7-9,11-16,24-29,38H,1-2,5-6,10,17-20H2/t24?,25-,26+,27+,28+,29?,33?/m1/s1. The van der Waals surface area contributed by atoms with Crippen LogP contribution in [0.4, 0.5) is 5.69 Å². The normalized spacial score (nSPS) is 27.9. The van der Waals surface area contributed by atoms with Gasteiger partial charge in [-0.15, -0.1) is 24.9 Å². The van der Waals surface area contributed by atoms with Gasteiger partial charge in [0.2, 0.25) is 5.91 Å². The van der Waals surface area contributed by atoms with E-state index in [-0.39, 0.29) is 41.6 Å². The van der Waals surface area contributed by atoms with E-state index in [1.165, 1.54) is 0 Å². The van der Waals surface area contributed by atoms with Crippen LogP contribution in [-0.4, -0.2) is 68.4 Å². The van der Waals surface area contributed by atoms with Crippen molar-refractivity contribution in [1.82, 2.24) is 4.90 Å². The zero-order valence-electron chi connectivity index (χ0n) is 23.8. The molecule has 2 aromatic rings. The van der Waals surface area contributed by atoms with Crippen molar-refractivity contribution < 1.29 is 24.2 Å². The summed E-state index contributed by atoms with van der Waals surface area (Å²) < 4.78 is 4.85. The Bertz CT molecular complexity index is 1360. The summed E-state index contributed by atoms with van der Waals surface area (Å²) in [5.74, 6) is -2.49. The van der Waals surface area contributed by atoms with E-state index in [1.54, 1.807) is 51.9 Å². The summed E-state index contributed by atoms with van der Waals surface area (Å²) in [5.41, 5.74) is 1.33. The molecular weight excluding hydrogens is 652 g/mol. The second-order valence-electron chi connectivity index (χ2n) is 11.2. The summed E-state index contributed by atoms with van der Waals surface area (Å²) in [6.45, 7) is 7.70. The van der Waals surface area contributed by atoms with E-state index in [9.17, 15) is 19.5 Å². The molecule has 0 saturated carbocycles. The number of aliphatic hydroxyl groups excluding tert-OH is 1. The number of anilines is 1. The number of hydrogen-bond acceptors (Lipinski definition) is 6. The summed E-state index contributed by atoms with van der Waals surface area (Å²) in [4.78, 5) is 46.2. The van der Waals surface area contributed by atoms with E-state index in [0.717, 1.165) is 12.8 Å². The smallest absolute Gasteiger partial charge is 0.310 e. The van der Waals surface area contributed by atoms with Gasteiger partial charge in [-0.25, -0.2) is 0 Å². The van der Waals surface area contributed by atoms with Gasteiger partial charge in [-0.3, -0.25) is 14.4 Å². The Labute approximate surface area is 270 Å². The quantitative estimate of drug-likeness (QED) is 0.121. The van der Waals surface area contributed by atoms with E-state index in [1.807, 2.05) is 36.4 Å². The first-order valence-corrected chi connectivity index (χ1v) is 16.7. The molecule has 0 aliphatic carbocycles. The van der Waals surface area contributed by atoms with Gasteiger partial charge >= 0.3 is 5.97 Å². The Hall–Kier alpha value is -2.59. The number of ether oxygens (including phenoxy) is 1. The Balaban J connectivity index is 1.57. The number of esters is 1. The monoisotopic (exact) mass is 686 g/mol. The number of carbonyl (C=O) groups excluding carboxylic acids is 3. The van der Waals surface area contributed by atoms with Crippen LogP contribution in [-0.2, 0) is 19.1 Å². The first-order valence-electron chi connectivity index (χ1n) is 14.5. The molecule has 2 bridgehead atoms. The molecule has 228 valence electrons. The molecule has 3 aliphatic rings. The van der Waals surface area contributed by atoms with Gasteiger partial charge in [0.15, 0.2) is 0 Å². The fourth-order valence-corrected chi connectivity index (χ4v) is 10.6. The molecule has 7 nitrogen and oxygen atoms in total. The van der Waals surface area contributed by atoms with E-state index in [2.05, 4.69) is 29.1 Å². The molecular formula is C33H36BrClN2O5S. The van der Waals surface area contributed by atoms with Crippen LogP contribution in [0.25, 0.3) is 0 Å².